The van der Waals surface area contributed by atoms with Gasteiger partial charge in [0.25, 0.3) is 0 Å². The molecule has 11 heteroatoms. The molecule has 0 fully saturated rings. The predicted molar refractivity (Wildman–Crippen MR) is 104 cm³/mol. The number of hydrogen-bond acceptors (Lipinski definition) is 4. The van der Waals surface area contributed by atoms with Crippen molar-refractivity contribution in [2.45, 2.75) is 18.0 Å². The summed E-state index contributed by atoms with van der Waals surface area (Å²) in [5, 5.41) is 0. The molecule has 0 saturated heterocycles. The number of aromatic nitrogens is 4. The smallest absolute Gasteiger partial charge is 0.433 e. The maximum atomic E-state index is 14.2. The van der Waals surface area contributed by atoms with Crippen molar-refractivity contribution in [3.05, 3.63) is 66.4 Å². The highest BCUT2D eigenvalue weighted by Crippen LogP contribution is 2.32. The minimum absolute atomic E-state index is 0.0130. The van der Waals surface area contributed by atoms with Gasteiger partial charge in [-0.1, -0.05) is 0 Å². The van der Waals surface area contributed by atoms with E-state index in [9.17, 15) is 26.5 Å². The molecule has 1 unspecified atom stereocenters. The molecule has 4 aromatic rings. The van der Waals surface area contributed by atoms with E-state index in [-0.39, 0.29) is 38.8 Å². The van der Waals surface area contributed by atoms with Crippen molar-refractivity contribution in [1.82, 2.24) is 19.4 Å². The zero-order valence-corrected chi connectivity index (χ0v) is 16.6. The van der Waals surface area contributed by atoms with Gasteiger partial charge >= 0.3 is 6.18 Å². The summed E-state index contributed by atoms with van der Waals surface area (Å²) in [6.07, 6.45) is -0.917. The maximum Gasteiger partial charge on any atom is 0.433 e. The van der Waals surface area contributed by atoms with Crippen molar-refractivity contribution in [3.8, 4) is 22.5 Å². The zero-order chi connectivity index (χ0) is 22.3. The fourth-order valence-corrected chi connectivity index (χ4v) is 3.94. The Morgan fingerprint density at radius 2 is 1.87 bits per heavy atom. The number of halogens is 5. The van der Waals surface area contributed by atoms with E-state index in [1.165, 1.54) is 28.9 Å². The molecular formula is C20H13F5N4OS. The second-order valence-corrected chi connectivity index (χ2v) is 8.20. The van der Waals surface area contributed by atoms with Crippen LogP contribution in [0.2, 0.25) is 0 Å². The summed E-state index contributed by atoms with van der Waals surface area (Å²) in [6.45, 7) is 1.67. The lowest BCUT2D eigenvalue weighted by Crippen LogP contribution is -2.08. The molecule has 0 aliphatic heterocycles. The largest absolute Gasteiger partial charge is 0.611 e. The van der Waals surface area contributed by atoms with Gasteiger partial charge in [-0.2, -0.15) is 13.2 Å². The number of fused-ring (bicyclic) bond motifs is 1. The molecule has 5 nitrogen and oxygen atoms in total. The topological polar surface area (TPSA) is 66.1 Å². The van der Waals surface area contributed by atoms with Crippen LogP contribution in [0.3, 0.4) is 0 Å². The van der Waals surface area contributed by atoms with Crippen LogP contribution in [-0.4, -0.2) is 29.7 Å². The first kappa shape index (κ1) is 21.2. The van der Waals surface area contributed by atoms with Gasteiger partial charge in [0, 0.05) is 41.7 Å². The van der Waals surface area contributed by atoms with Gasteiger partial charge in [-0.05, 0) is 30.2 Å². The highest BCUT2D eigenvalue weighted by Gasteiger charge is 2.33. The summed E-state index contributed by atoms with van der Waals surface area (Å²) in [7, 11) is 0. The quantitative estimate of drug-likeness (QED) is 0.327. The van der Waals surface area contributed by atoms with Crippen LogP contribution >= 0.6 is 0 Å². The summed E-state index contributed by atoms with van der Waals surface area (Å²) in [4.78, 5) is 12.0. The Kier molecular flexibility index (Phi) is 5.40. The van der Waals surface area contributed by atoms with Gasteiger partial charge in [0.05, 0.1) is 0 Å². The minimum Gasteiger partial charge on any atom is -0.611 e. The van der Waals surface area contributed by atoms with Gasteiger partial charge < -0.3 is 4.55 Å². The summed E-state index contributed by atoms with van der Waals surface area (Å²) >= 11 is -1.54. The normalized spacial score (nSPS) is 13.0. The molecule has 0 spiro atoms. The van der Waals surface area contributed by atoms with Crippen molar-refractivity contribution >= 4 is 16.8 Å². The van der Waals surface area contributed by atoms with E-state index in [4.69, 9.17) is 0 Å². The molecule has 3 heterocycles. The van der Waals surface area contributed by atoms with E-state index < -0.39 is 34.7 Å². The molecule has 0 radical (unpaired) electrons. The van der Waals surface area contributed by atoms with Crippen molar-refractivity contribution in [2.24, 2.45) is 0 Å². The van der Waals surface area contributed by atoms with Crippen LogP contribution in [0.5, 0.6) is 0 Å². The summed E-state index contributed by atoms with van der Waals surface area (Å²) in [5.74, 6) is -1.32. The molecule has 0 bridgehead atoms. The van der Waals surface area contributed by atoms with Gasteiger partial charge in [-0.25, -0.2) is 23.7 Å². The lowest BCUT2D eigenvalue weighted by Gasteiger charge is -2.13. The first-order valence-corrected chi connectivity index (χ1v) is 10.3. The standard InChI is InChI=1S/C20H13F5N4OS/c1-2-31(30)16-5-11(13-4-3-12(21)6-14(13)22)8-26-19(16)15-9-29-10-27-17(20(23,24)25)7-18(29)28-15/h3-10H,2H2,1H3. The van der Waals surface area contributed by atoms with E-state index in [1.807, 2.05) is 0 Å². The van der Waals surface area contributed by atoms with Crippen LogP contribution < -0.4 is 0 Å². The van der Waals surface area contributed by atoms with Crippen LogP contribution in [-0.2, 0) is 17.4 Å². The molecule has 0 aliphatic carbocycles. The van der Waals surface area contributed by atoms with E-state index >= 15 is 0 Å². The number of rotatable bonds is 4. The number of hydrogen-bond donors (Lipinski definition) is 0. The molecule has 0 amide bonds. The Labute approximate surface area is 175 Å². The third-order valence-electron chi connectivity index (χ3n) is 4.48. The second kappa shape index (κ2) is 7.89. The molecule has 160 valence electrons. The van der Waals surface area contributed by atoms with E-state index in [0.717, 1.165) is 24.5 Å². The Morgan fingerprint density at radius 3 is 2.55 bits per heavy atom. The van der Waals surface area contributed by atoms with E-state index in [2.05, 4.69) is 15.0 Å². The van der Waals surface area contributed by atoms with E-state index in [0.29, 0.717) is 0 Å². The SMILES string of the molecule is CC[S+]([O-])c1cc(-c2ccc(F)cc2F)cnc1-c1cn2cnc(C(F)(F)F)cc2n1. The lowest BCUT2D eigenvalue weighted by atomic mass is 10.1. The zero-order valence-electron chi connectivity index (χ0n) is 15.8. The van der Waals surface area contributed by atoms with Crippen molar-refractivity contribution in [3.63, 3.8) is 0 Å². The fraction of sp³-hybridized carbons (Fsp3) is 0.150. The van der Waals surface area contributed by atoms with Crippen LogP contribution in [0, 0.1) is 11.6 Å². The minimum atomic E-state index is -4.62. The Balaban J connectivity index is 1.84. The molecule has 0 saturated carbocycles. The monoisotopic (exact) mass is 452 g/mol. The number of alkyl halides is 3. The average molecular weight is 452 g/mol. The molecule has 3 aromatic heterocycles. The summed E-state index contributed by atoms with van der Waals surface area (Å²) in [5.41, 5.74) is -0.384. The van der Waals surface area contributed by atoms with Crippen LogP contribution in [0.25, 0.3) is 28.2 Å². The second-order valence-electron chi connectivity index (χ2n) is 6.49. The van der Waals surface area contributed by atoms with Crippen molar-refractivity contribution < 1.29 is 26.5 Å². The number of imidazole rings is 1. The van der Waals surface area contributed by atoms with Crippen molar-refractivity contribution in [2.75, 3.05) is 5.75 Å². The molecule has 0 aliphatic rings. The third kappa shape index (κ3) is 4.10. The number of nitrogens with zero attached hydrogens (tertiary/aromatic N) is 4. The number of pyridine rings is 1. The average Bonchev–Trinajstić information content (AvgIpc) is 3.15. The molecule has 1 atom stereocenters. The van der Waals surface area contributed by atoms with Crippen LogP contribution in [0.1, 0.15) is 12.6 Å². The summed E-state index contributed by atoms with van der Waals surface area (Å²) < 4.78 is 80.1. The molecule has 31 heavy (non-hydrogen) atoms. The Bertz CT molecular complexity index is 1270. The highest BCUT2D eigenvalue weighted by molar-refractivity contribution is 7.91. The first-order valence-electron chi connectivity index (χ1n) is 8.93. The van der Waals surface area contributed by atoms with Gasteiger partial charge in [0.2, 0.25) is 0 Å². The van der Waals surface area contributed by atoms with Gasteiger partial charge in [-0.15, -0.1) is 0 Å². The van der Waals surface area contributed by atoms with Crippen molar-refractivity contribution in [1.29, 1.82) is 0 Å². The van der Waals surface area contributed by atoms with E-state index in [1.54, 1.807) is 6.92 Å². The van der Waals surface area contributed by atoms with Crippen LogP contribution in [0.4, 0.5) is 22.0 Å². The van der Waals surface area contributed by atoms with Crippen LogP contribution in [0.15, 0.2) is 53.9 Å². The number of benzene rings is 1. The predicted octanol–water partition coefficient (Wildman–Crippen LogP) is 4.88. The Hall–Kier alpha value is -3.05. The summed E-state index contributed by atoms with van der Waals surface area (Å²) in [6, 6.07) is 5.32. The third-order valence-corrected chi connectivity index (χ3v) is 5.81. The molecule has 1 aromatic carbocycles. The highest BCUT2D eigenvalue weighted by atomic mass is 32.2. The maximum absolute atomic E-state index is 14.2. The van der Waals surface area contributed by atoms with Gasteiger partial charge in [-0.3, -0.25) is 4.40 Å². The Morgan fingerprint density at radius 1 is 1.10 bits per heavy atom. The molecular weight excluding hydrogens is 439 g/mol. The van der Waals surface area contributed by atoms with Gasteiger partial charge in [0.1, 0.15) is 46.4 Å². The molecule has 4 rings (SSSR count). The first-order chi connectivity index (χ1) is 14.7. The molecule has 0 N–H and O–H groups in total. The lowest BCUT2D eigenvalue weighted by molar-refractivity contribution is -0.141. The van der Waals surface area contributed by atoms with Gasteiger partial charge in [0.15, 0.2) is 4.90 Å². The fourth-order valence-electron chi connectivity index (χ4n) is 3.00.